The maximum absolute atomic E-state index is 9.34. The molecule has 2 fully saturated rings. The number of aromatic nitrogens is 3. The minimum absolute atomic E-state index is 0.0585. The largest absolute Gasteiger partial charge is 0.388 e. The standard InChI is InChI=1S/C16H28N4OS/c1-18-14(11-21)17-20(15(18)22)13-19-10-6-9-16(12-19)7-4-2-3-5-8-16/h21H,2-13H2,1H3. The molecule has 0 unspecified atom stereocenters. The van der Waals surface area contributed by atoms with Crippen molar-refractivity contribution in [3.63, 3.8) is 0 Å². The van der Waals surface area contributed by atoms with E-state index in [1.807, 2.05) is 11.7 Å². The van der Waals surface area contributed by atoms with Crippen molar-refractivity contribution in [2.45, 2.75) is 64.6 Å². The van der Waals surface area contributed by atoms with Crippen LogP contribution in [0.1, 0.15) is 57.2 Å². The predicted molar refractivity (Wildman–Crippen MR) is 88.9 cm³/mol. The first-order chi connectivity index (χ1) is 10.6. The van der Waals surface area contributed by atoms with Gasteiger partial charge in [-0.05, 0) is 49.9 Å². The van der Waals surface area contributed by atoms with E-state index in [1.54, 1.807) is 4.57 Å². The first-order valence-corrected chi connectivity index (χ1v) is 9.00. The molecule has 0 radical (unpaired) electrons. The van der Waals surface area contributed by atoms with Crippen LogP contribution in [0.2, 0.25) is 0 Å². The van der Waals surface area contributed by atoms with Gasteiger partial charge in [-0.15, -0.1) is 0 Å². The number of rotatable bonds is 3. The van der Waals surface area contributed by atoms with Crippen LogP contribution < -0.4 is 0 Å². The number of piperidine rings is 1. The van der Waals surface area contributed by atoms with E-state index in [4.69, 9.17) is 12.2 Å². The molecule has 1 aliphatic heterocycles. The van der Waals surface area contributed by atoms with E-state index in [-0.39, 0.29) is 6.61 Å². The van der Waals surface area contributed by atoms with Gasteiger partial charge in [0.15, 0.2) is 10.6 Å². The zero-order valence-electron chi connectivity index (χ0n) is 13.6. The highest BCUT2D eigenvalue weighted by atomic mass is 32.1. The molecule has 1 saturated heterocycles. The number of nitrogens with zero attached hydrogens (tertiary/aromatic N) is 4. The smallest absolute Gasteiger partial charge is 0.198 e. The van der Waals surface area contributed by atoms with Crippen molar-refractivity contribution in [3.05, 3.63) is 10.6 Å². The van der Waals surface area contributed by atoms with Crippen LogP contribution in [0.25, 0.3) is 0 Å². The maximum Gasteiger partial charge on any atom is 0.198 e. The lowest BCUT2D eigenvalue weighted by Crippen LogP contribution is -2.43. The molecule has 1 N–H and O–H groups in total. The zero-order chi connectivity index (χ0) is 15.6. The molecule has 6 heteroatoms. The Morgan fingerprint density at radius 3 is 2.45 bits per heavy atom. The van der Waals surface area contributed by atoms with Crippen molar-refractivity contribution in [1.82, 2.24) is 19.2 Å². The van der Waals surface area contributed by atoms with Crippen LogP contribution in [0.15, 0.2) is 0 Å². The average Bonchev–Trinajstić information content (AvgIpc) is 2.69. The Morgan fingerprint density at radius 1 is 1.14 bits per heavy atom. The van der Waals surface area contributed by atoms with Gasteiger partial charge in [-0.25, -0.2) is 4.68 Å². The molecule has 0 bridgehead atoms. The summed E-state index contributed by atoms with van der Waals surface area (Å²) < 4.78 is 4.38. The number of hydrogen-bond donors (Lipinski definition) is 1. The van der Waals surface area contributed by atoms with Gasteiger partial charge >= 0.3 is 0 Å². The van der Waals surface area contributed by atoms with Crippen LogP contribution in [0, 0.1) is 10.2 Å². The Morgan fingerprint density at radius 2 is 1.82 bits per heavy atom. The second-order valence-electron chi connectivity index (χ2n) is 7.13. The van der Waals surface area contributed by atoms with E-state index in [9.17, 15) is 5.11 Å². The summed E-state index contributed by atoms with van der Waals surface area (Å²) in [7, 11) is 1.88. The Labute approximate surface area is 137 Å². The topological polar surface area (TPSA) is 46.2 Å². The SMILES string of the molecule is Cn1c(CO)nn(CN2CCCC3(CCCCCC3)C2)c1=S. The molecule has 1 aromatic rings. The molecule has 1 aliphatic carbocycles. The molecule has 2 aliphatic rings. The highest BCUT2D eigenvalue weighted by molar-refractivity contribution is 7.71. The fraction of sp³-hybridized carbons (Fsp3) is 0.875. The molecule has 0 atom stereocenters. The summed E-state index contributed by atoms with van der Waals surface area (Å²) in [5.74, 6) is 0.645. The number of aliphatic hydroxyl groups excluding tert-OH is 1. The van der Waals surface area contributed by atoms with Gasteiger partial charge in [0.1, 0.15) is 6.61 Å². The summed E-state index contributed by atoms with van der Waals surface area (Å²) in [4.78, 5) is 2.51. The summed E-state index contributed by atoms with van der Waals surface area (Å²) in [6, 6.07) is 0. The molecular weight excluding hydrogens is 296 g/mol. The number of hydrogen-bond acceptors (Lipinski definition) is 4. The minimum Gasteiger partial charge on any atom is -0.388 e. The summed E-state index contributed by atoms with van der Waals surface area (Å²) in [6.45, 7) is 3.01. The Kier molecular flexibility index (Phi) is 5.00. The van der Waals surface area contributed by atoms with Crippen molar-refractivity contribution < 1.29 is 5.11 Å². The van der Waals surface area contributed by atoms with Crippen LogP contribution >= 0.6 is 12.2 Å². The zero-order valence-corrected chi connectivity index (χ0v) is 14.4. The fourth-order valence-electron chi connectivity index (χ4n) is 4.27. The van der Waals surface area contributed by atoms with Crippen molar-refractivity contribution in [2.75, 3.05) is 13.1 Å². The van der Waals surface area contributed by atoms with Crippen molar-refractivity contribution in [2.24, 2.45) is 12.5 Å². The molecule has 1 aromatic heterocycles. The van der Waals surface area contributed by atoms with E-state index in [1.165, 1.54) is 57.9 Å². The Balaban J connectivity index is 1.71. The molecule has 5 nitrogen and oxygen atoms in total. The van der Waals surface area contributed by atoms with Crippen LogP contribution in [0.3, 0.4) is 0 Å². The minimum atomic E-state index is -0.0585. The monoisotopic (exact) mass is 324 g/mol. The quantitative estimate of drug-likeness (QED) is 0.869. The van der Waals surface area contributed by atoms with Crippen LogP contribution in [-0.4, -0.2) is 37.4 Å². The summed E-state index contributed by atoms with van der Waals surface area (Å²) >= 11 is 5.44. The second-order valence-corrected chi connectivity index (χ2v) is 7.49. The van der Waals surface area contributed by atoms with E-state index in [0.29, 0.717) is 16.0 Å². The molecule has 2 heterocycles. The molecule has 1 spiro atoms. The molecular formula is C16H28N4OS. The third-order valence-electron chi connectivity index (χ3n) is 5.51. The van der Waals surface area contributed by atoms with Gasteiger partial charge < -0.3 is 9.67 Å². The number of likely N-dealkylation sites (tertiary alicyclic amines) is 1. The lowest BCUT2D eigenvalue weighted by molar-refractivity contribution is 0.0493. The normalized spacial score (nSPS) is 22.8. The summed E-state index contributed by atoms with van der Waals surface area (Å²) in [5, 5.41) is 13.8. The Bertz CT molecular complexity index is 557. The van der Waals surface area contributed by atoms with Gasteiger partial charge in [0.2, 0.25) is 0 Å². The molecule has 3 rings (SSSR count). The molecule has 124 valence electrons. The average molecular weight is 324 g/mol. The van der Waals surface area contributed by atoms with Crippen LogP contribution in [0.5, 0.6) is 0 Å². The molecule has 22 heavy (non-hydrogen) atoms. The highest BCUT2D eigenvalue weighted by Crippen LogP contribution is 2.42. The van der Waals surface area contributed by atoms with Gasteiger partial charge in [-0.3, -0.25) is 4.90 Å². The Hall–Kier alpha value is -0.720. The first-order valence-electron chi connectivity index (χ1n) is 8.59. The third kappa shape index (κ3) is 3.29. The second kappa shape index (κ2) is 6.81. The first kappa shape index (κ1) is 16.1. The van der Waals surface area contributed by atoms with Gasteiger partial charge in [0, 0.05) is 13.6 Å². The molecule has 0 aromatic carbocycles. The van der Waals surface area contributed by atoms with Gasteiger partial charge in [-0.2, -0.15) is 5.10 Å². The third-order valence-corrected chi connectivity index (χ3v) is 6.00. The van der Waals surface area contributed by atoms with Gasteiger partial charge in [0.05, 0.1) is 6.67 Å². The van der Waals surface area contributed by atoms with Crippen molar-refractivity contribution >= 4 is 12.2 Å². The van der Waals surface area contributed by atoms with Crippen molar-refractivity contribution in [1.29, 1.82) is 0 Å². The van der Waals surface area contributed by atoms with Gasteiger partial charge in [-0.1, -0.05) is 25.7 Å². The molecule has 0 amide bonds. The predicted octanol–water partition coefficient (Wildman–Crippen LogP) is 2.84. The fourth-order valence-corrected chi connectivity index (χ4v) is 4.47. The summed E-state index contributed by atoms with van der Waals surface area (Å²) in [6.07, 6.45) is 11.1. The van der Waals surface area contributed by atoms with Crippen LogP contribution in [0.4, 0.5) is 0 Å². The van der Waals surface area contributed by atoms with E-state index in [0.717, 1.165) is 13.2 Å². The maximum atomic E-state index is 9.34. The number of aliphatic hydroxyl groups is 1. The highest BCUT2D eigenvalue weighted by Gasteiger charge is 2.35. The lowest BCUT2D eigenvalue weighted by Gasteiger charge is -2.42. The van der Waals surface area contributed by atoms with Crippen LogP contribution in [-0.2, 0) is 20.3 Å². The molecule has 1 saturated carbocycles. The van der Waals surface area contributed by atoms with E-state index in [2.05, 4.69) is 10.00 Å². The summed E-state index contributed by atoms with van der Waals surface area (Å²) in [5.41, 5.74) is 0.533. The van der Waals surface area contributed by atoms with E-state index >= 15 is 0 Å². The lowest BCUT2D eigenvalue weighted by atomic mass is 9.74. The van der Waals surface area contributed by atoms with Gasteiger partial charge in [0.25, 0.3) is 0 Å². The van der Waals surface area contributed by atoms with Crippen molar-refractivity contribution in [3.8, 4) is 0 Å². The van der Waals surface area contributed by atoms with E-state index < -0.39 is 0 Å².